The quantitative estimate of drug-likeness (QED) is 0.212. The number of carbonyl (C=O) groups excluding carboxylic acids is 1. The van der Waals surface area contributed by atoms with Gasteiger partial charge in [-0.3, -0.25) is 4.79 Å². The van der Waals surface area contributed by atoms with E-state index in [-0.39, 0.29) is 19.0 Å². The SMILES string of the molecule is C.CC(=O)c1cccc(C)c1.Cc1ccc(F)cc1.Cc1cccc2ccccc12.Cc1ccccc1. The molecular weight excluding hydrogens is 455 g/mol. The number of hydrogen-bond acceptors (Lipinski definition) is 1. The van der Waals surface area contributed by atoms with Gasteiger partial charge in [0.2, 0.25) is 0 Å². The maximum atomic E-state index is 12.1. The first-order valence-electron chi connectivity index (χ1n) is 12.0. The van der Waals surface area contributed by atoms with E-state index in [1.807, 2.05) is 56.3 Å². The monoisotopic (exact) mass is 494 g/mol. The zero-order valence-corrected chi connectivity index (χ0v) is 21.8. The molecule has 37 heavy (non-hydrogen) atoms. The average Bonchev–Trinajstić information content (AvgIpc) is 2.88. The minimum atomic E-state index is -0.171. The highest BCUT2D eigenvalue weighted by atomic mass is 19.1. The Kier molecular flexibility index (Phi) is 13.9. The minimum Gasteiger partial charge on any atom is -0.295 e. The summed E-state index contributed by atoms with van der Waals surface area (Å²) in [5.41, 5.74) is 5.68. The van der Waals surface area contributed by atoms with Gasteiger partial charge in [-0.25, -0.2) is 4.39 Å². The number of rotatable bonds is 1. The standard InChI is InChI=1S/C11H10.C9H10O.C7H7F.C7H8.CH4/c1-9-5-4-7-10-6-2-3-8-11(9)10;1-7-4-3-5-9(6-7)8(2)10;1-6-2-4-7(8)5-3-6;1-7-5-3-2-4-6-7;/h2-8H,1H3;3-6H,1-2H3;2-5H,1H3;2-6H,1H3;1H4. The zero-order chi connectivity index (χ0) is 26.3. The van der Waals surface area contributed by atoms with Crippen LogP contribution >= 0.6 is 0 Å². The van der Waals surface area contributed by atoms with Gasteiger partial charge in [-0.2, -0.15) is 0 Å². The predicted octanol–water partition coefficient (Wildman–Crippen LogP) is 10.1. The molecule has 0 bridgehead atoms. The van der Waals surface area contributed by atoms with E-state index >= 15 is 0 Å². The third-order valence-corrected chi connectivity index (χ3v) is 5.38. The van der Waals surface area contributed by atoms with Crippen LogP contribution in [0.3, 0.4) is 0 Å². The van der Waals surface area contributed by atoms with Crippen LogP contribution in [-0.2, 0) is 0 Å². The Balaban J connectivity index is 0.000000248. The number of fused-ring (bicyclic) bond motifs is 1. The van der Waals surface area contributed by atoms with Crippen molar-refractivity contribution in [1.29, 1.82) is 0 Å². The Morgan fingerprint density at radius 1 is 0.568 bits per heavy atom. The van der Waals surface area contributed by atoms with Crippen LogP contribution in [0.25, 0.3) is 10.8 Å². The van der Waals surface area contributed by atoms with Crippen molar-refractivity contribution in [2.24, 2.45) is 0 Å². The topological polar surface area (TPSA) is 17.1 Å². The van der Waals surface area contributed by atoms with Crippen LogP contribution in [0, 0.1) is 33.5 Å². The number of halogens is 1. The molecule has 192 valence electrons. The highest BCUT2D eigenvalue weighted by molar-refractivity contribution is 5.94. The van der Waals surface area contributed by atoms with Crippen LogP contribution in [-0.4, -0.2) is 5.78 Å². The molecule has 0 saturated heterocycles. The fourth-order valence-electron chi connectivity index (χ4n) is 3.32. The van der Waals surface area contributed by atoms with E-state index in [1.165, 1.54) is 34.0 Å². The second-order valence-electron chi connectivity index (χ2n) is 8.67. The van der Waals surface area contributed by atoms with Gasteiger partial charge in [0, 0.05) is 5.56 Å². The number of ketones is 1. The molecule has 0 spiro atoms. The predicted molar refractivity (Wildman–Crippen MR) is 159 cm³/mol. The van der Waals surface area contributed by atoms with Gasteiger partial charge in [-0.1, -0.05) is 127 Å². The zero-order valence-electron chi connectivity index (χ0n) is 21.8. The van der Waals surface area contributed by atoms with Crippen molar-refractivity contribution in [3.8, 4) is 0 Å². The summed E-state index contributed by atoms with van der Waals surface area (Å²) in [6.07, 6.45) is 0. The molecule has 1 nitrogen and oxygen atoms in total. The lowest BCUT2D eigenvalue weighted by atomic mass is 10.1. The number of hydrogen-bond donors (Lipinski definition) is 0. The summed E-state index contributed by atoms with van der Waals surface area (Å²) in [4.78, 5) is 10.8. The third kappa shape index (κ3) is 12.0. The summed E-state index contributed by atoms with van der Waals surface area (Å²) in [5.74, 6) is -0.0423. The Labute approximate surface area is 222 Å². The highest BCUT2D eigenvalue weighted by Crippen LogP contribution is 2.16. The lowest BCUT2D eigenvalue weighted by molar-refractivity contribution is 0.101. The molecule has 5 aromatic rings. The van der Waals surface area contributed by atoms with Crippen LogP contribution < -0.4 is 0 Å². The summed E-state index contributed by atoms with van der Waals surface area (Å²) in [6, 6.07) is 39.1. The van der Waals surface area contributed by atoms with E-state index in [9.17, 15) is 9.18 Å². The van der Waals surface area contributed by atoms with Crippen molar-refractivity contribution in [1.82, 2.24) is 0 Å². The van der Waals surface area contributed by atoms with Crippen LogP contribution in [0.2, 0.25) is 0 Å². The van der Waals surface area contributed by atoms with Crippen molar-refractivity contribution in [2.45, 2.75) is 42.0 Å². The molecule has 0 saturated carbocycles. The molecule has 0 radical (unpaired) electrons. The molecule has 0 aliphatic carbocycles. The molecule has 0 fully saturated rings. The Morgan fingerprint density at radius 2 is 1.08 bits per heavy atom. The Morgan fingerprint density at radius 3 is 1.57 bits per heavy atom. The van der Waals surface area contributed by atoms with Crippen LogP contribution in [0.15, 0.2) is 121 Å². The fraction of sp³-hybridized carbons (Fsp3) is 0.171. The van der Waals surface area contributed by atoms with Crippen molar-refractivity contribution < 1.29 is 9.18 Å². The number of carbonyl (C=O) groups is 1. The van der Waals surface area contributed by atoms with Gasteiger partial charge in [0.05, 0.1) is 0 Å². The molecule has 2 heteroatoms. The first-order chi connectivity index (χ1) is 17.3. The summed E-state index contributed by atoms with van der Waals surface area (Å²) >= 11 is 0. The summed E-state index contributed by atoms with van der Waals surface area (Å²) in [7, 11) is 0. The largest absolute Gasteiger partial charge is 0.295 e. The fourth-order valence-corrected chi connectivity index (χ4v) is 3.32. The minimum absolute atomic E-state index is 0. The number of benzene rings is 5. The van der Waals surface area contributed by atoms with Crippen molar-refractivity contribution in [3.05, 3.63) is 155 Å². The van der Waals surface area contributed by atoms with E-state index in [1.54, 1.807) is 19.1 Å². The van der Waals surface area contributed by atoms with E-state index in [4.69, 9.17) is 0 Å². The molecule has 0 unspecified atom stereocenters. The molecular formula is C35H39FO. The van der Waals surface area contributed by atoms with E-state index in [2.05, 4.69) is 68.4 Å². The maximum Gasteiger partial charge on any atom is 0.159 e. The van der Waals surface area contributed by atoms with Crippen molar-refractivity contribution in [3.63, 3.8) is 0 Å². The highest BCUT2D eigenvalue weighted by Gasteiger charge is 1.96. The van der Waals surface area contributed by atoms with Gasteiger partial charge < -0.3 is 0 Å². The summed E-state index contributed by atoms with van der Waals surface area (Å²) in [6.45, 7) is 9.71. The van der Waals surface area contributed by atoms with Gasteiger partial charge in [0.15, 0.2) is 5.78 Å². The lowest BCUT2D eigenvalue weighted by Gasteiger charge is -1.98. The van der Waals surface area contributed by atoms with E-state index < -0.39 is 0 Å². The molecule has 0 atom stereocenters. The van der Waals surface area contributed by atoms with Gasteiger partial charge in [-0.05, 0) is 69.2 Å². The second kappa shape index (κ2) is 16.6. The number of Topliss-reactive ketones (excluding diaryl/α,β-unsaturated/α-hetero) is 1. The van der Waals surface area contributed by atoms with Crippen LogP contribution in [0.4, 0.5) is 4.39 Å². The molecule has 0 aliphatic rings. The normalized spacial score (nSPS) is 9.24. The summed E-state index contributed by atoms with van der Waals surface area (Å²) < 4.78 is 12.1. The maximum absolute atomic E-state index is 12.1. The van der Waals surface area contributed by atoms with Crippen molar-refractivity contribution in [2.75, 3.05) is 0 Å². The first-order valence-corrected chi connectivity index (χ1v) is 12.0. The van der Waals surface area contributed by atoms with E-state index in [0.29, 0.717) is 0 Å². The molecule has 0 N–H and O–H groups in total. The molecule has 5 rings (SSSR count). The molecule has 5 aromatic carbocycles. The average molecular weight is 495 g/mol. The van der Waals surface area contributed by atoms with Crippen molar-refractivity contribution >= 4 is 16.6 Å². The number of aryl methyl sites for hydroxylation is 4. The van der Waals surface area contributed by atoms with Gasteiger partial charge in [0.25, 0.3) is 0 Å². The van der Waals surface area contributed by atoms with Gasteiger partial charge in [0.1, 0.15) is 5.82 Å². The molecule has 0 aliphatic heterocycles. The first kappa shape index (κ1) is 31.0. The van der Waals surface area contributed by atoms with Crippen LogP contribution in [0.1, 0.15) is 47.0 Å². The summed E-state index contributed by atoms with van der Waals surface area (Å²) in [5, 5.41) is 2.68. The van der Waals surface area contributed by atoms with Crippen LogP contribution in [0.5, 0.6) is 0 Å². The van der Waals surface area contributed by atoms with Gasteiger partial charge >= 0.3 is 0 Å². The second-order valence-corrected chi connectivity index (χ2v) is 8.67. The molecule has 0 amide bonds. The molecule has 0 aromatic heterocycles. The smallest absolute Gasteiger partial charge is 0.159 e. The molecule has 0 heterocycles. The van der Waals surface area contributed by atoms with Gasteiger partial charge in [-0.15, -0.1) is 0 Å². The third-order valence-electron chi connectivity index (χ3n) is 5.38. The lowest BCUT2D eigenvalue weighted by Crippen LogP contribution is -1.90. The Hall–Kier alpha value is -4.04. The van der Waals surface area contributed by atoms with E-state index in [0.717, 1.165) is 16.7 Å². The Bertz CT molecular complexity index is 1310.